The maximum Gasteiger partial charge on any atom is 0.316 e. The number of aromatic nitrogens is 2. The van der Waals surface area contributed by atoms with Crippen LogP contribution < -0.4 is 15.2 Å². The van der Waals surface area contributed by atoms with E-state index in [2.05, 4.69) is 5.10 Å². The molecule has 1 aliphatic rings. The lowest BCUT2D eigenvalue weighted by Gasteiger charge is -2.35. The van der Waals surface area contributed by atoms with E-state index in [1.807, 2.05) is 6.92 Å². The quantitative estimate of drug-likeness (QED) is 0.375. The smallest absolute Gasteiger partial charge is 0.316 e. The van der Waals surface area contributed by atoms with Crippen LogP contribution in [0.3, 0.4) is 0 Å². The van der Waals surface area contributed by atoms with Crippen LogP contribution in [0.15, 0.2) is 58.4 Å². The van der Waals surface area contributed by atoms with E-state index in [9.17, 15) is 22.0 Å². The van der Waals surface area contributed by atoms with E-state index in [1.54, 1.807) is 29.2 Å². The molecule has 0 bridgehead atoms. The van der Waals surface area contributed by atoms with Gasteiger partial charge >= 0.3 is 5.56 Å². The summed E-state index contributed by atoms with van der Waals surface area (Å²) in [6.07, 6.45) is 1.46. The summed E-state index contributed by atoms with van der Waals surface area (Å²) in [6, 6.07) is 9.53. The number of rotatable bonds is 9. The lowest BCUT2D eigenvalue weighted by atomic mass is 10.3. The maximum atomic E-state index is 14.2. The van der Waals surface area contributed by atoms with Crippen molar-refractivity contribution >= 4 is 27.3 Å². The summed E-state index contributed by atoms with van der Waals surface area (Å²) >= 11 is 6.07. The lowest BCUT2D eigenvalue weighted by Crippen LogP contribution is -2.49. The minimum Gasteiger partial charge on any atom is -0.484 e. The van der Waals surface area contributed by atoms with Gasteiger partial charge < -0.3 is 14.4 Å². The second kappa shape index (κ2) is 11.5. The third kappa shape index (κ3) is 5.77. The zero-order valence-corrected chi connectivity index (χ0v) is 21.5. The average molecular weight is 555 g/mol. The molecule has 0 atom stereocenters. The standard InChI is InChI=1S/C24H25ClF2N4O5S/c1-2-35-13-14-36-22-21(16-28-31(24(22)32)18-6-3-5-17(25)15-18)29-9-11-30(12-10-29)37(33,34)23-19(26)7-4-8-20(23)27/h3-8,15-16H,2,9-14H2,1H3. The van der Waals surface area contributed by atoms with Crippen molar-refractivity contribution in [1.82, 2.24) is 14.1 Å². The van der Waals surface area contributed by atoms with Gasteiger partial charge in [0.05, 0.1) is 18.5 Å². The van der Waals surface area contributed by atoms with Gasteiger partial charge in [-0.25, -0.2) is 17.2 Å². The number of sulfonamides is 1. The fourth-order valence-electron chi connectivity index (χ4n) is 3.96. The first kappa shape index (κ1) is 27.0. The van der Waals surface area contributed by atoms with Gasteiger partial charge in [-0.05, 0) is 37.3 Å². The molecule has 2 heterocycles. The Hall–Kier alpha value is -3.06. The van der Waals surface area contributed by atoms with E-state index in [4.69, 9.17) is 21.1 Å². The highest BCUT2D eigenvalue weighted by Gasteiger charge is 2.34. The van der Waals surface area contributed by atoms with Gasteiger partial charge in [0, 0.05) is 37.8 Å². The molecule has 0 aliphatic carbocycles. The van der Waals surface area contributed by atoms with Crippen molar-refractivity contribution in [3.8, 4) is 11.4 Å². The van der Waals surface area contributed by atoms with Crippen LogP contribution in [0.5, 0.6) is 5.75 Å². The second-order valence-corrected chi connectivity index (χ2v) is 10.4. The number of hydrogen-bond donors (Lipinski definition) is 0. The number of hydrogen-bond acceptors (Lipinski definition) is 7. The molecular weight excluding hydrogens is 530 g/mol. The monoisotopic (exact) mass is 554 g/mol. The molecule has 0 spiro atoms. The van der Waals surface area contributed by atoms with E-state index >= 15 is 0 Å². The van der Waals surface area contributed by atoms with Gasteiger partial charge in [0.25, 0.3) is 0 Å². The number of benzene rings is 2. The van der Waals surface area contributed by atoms with E-state index in [-0.39, 0.29) is 45.1 Å². The average Bonchev–Trinajstić information content (AvgIpc) is 2.87. The van der Waals surface area contributed by atoms with Crippen LogP contribution in [0.2, 0.25) is 5.02 Å². The van der Waals surface area contributed by atoms with Crippen molar-refractivity contribution in [2.75, 3.05) is 50.9 Å². The normalized spacial score (nSPS) is 14.6. The highest BCUT2D eigenvalue weighted by atomic mass is 35.5. The van der Waals surface area contributed by atoms with Crippen molar-refractivity contribution in [3.63, 3.8) is 0 Å². The number of nitrogens with zero attached hydrogens (tertiary/aromatic N) is 4. The van der Waals surface area contributed by atoms with E-state index in [0.29, 0.717) is 23.0 Å². The van der Waals surface area contributed by atoms with Crippen molar-refractivity contribution < 1.29 is 26.7 Å². The van der Waals surface area contributed by atoms with Crippen LogP contribution in [0.1, 0.15) is 6.92 Å². The molecule has 198 valence electrons. The fraction of sp³-hybridized carbons (Fsp3) is 0.333. The molecule has 37 heavy (non-hydrogen) atoms. The number of piperazine rings is 1. The number of ether oxygens (including phenoxy) is 2. The molecular formula is C24H25ClF2N4O5S. The summed E-state index contributed by atoms with van der Waals surface area (Å²) in [4.78, 5) is 14.1. The third-order valence-corrected chi connectivity index (χ3v) is 7.93. The number of halogens is 3. The predicted octanol–water partition coefficient (Wildman–Crippen LogP) is 3.09. The Morgan fingerprint density at radius 1 is 1.03 bits per heavy atom. The molecule has 3 aromatic rings. The number of anilines is 1. The Labute approximate surface area is 217 Å². The topological polar surface area (TPSA) is 94.0 Å². The minimum atomic E-state index is -4.40. The van der Waals surface area contributed by atoms with Crippen LogP contribution in [0.25, 0.3) is 5.69 Å². The Morgan fingerprint density at radius 2 is 1.70 bits per heavy atom. The molecule has 0 unspecified atom stereocenters. The molecule has 9 nitrogen and oxygen atoms in total. The van der Waals surface area contributed by atoms with E-state index in [1.165, 1.54) is 6.20 Å². The highest BCUT2D eigenvalue weighted by molar-refractivity contribution is 7.89. The summed E-state index contributed by atoms with van der Waals surface area (Å²) in [5.74, 6) is -2.28. The van der Waals surface area contributed by atoms with Gasteiger partial charge in [0.2, 0.25) is 15.8 Å². The molecule has 1 saturated heterocycles. The molecule has 1 aliphatic heterocycles. The molecule has 2 aromatic carbocycles. The molecule has 0 amide bonds. The fourth-order valence-corrected chi connectivity index (χ4v) is 5.67. The summed E-state index contributed by atoms with van der Waals surface area (Å²) in [7, 11) is -4.40. The van der Waals surface area contributed by atoms with Crippen LogP contribution in [-0.2, 0) is 14.8 Å². The minimum absolute atomic E-state index is 0.0196. The van der Waals surface area contributed by atoms with Crippen LogP contribution in [0.4, 0.5) is 14.5 Å². The van der Waals surface area contributed by atoms with Crippen molar-refractivity contribution in [1.29, 1.82) is 0 Å². The summed E-state index contributed by atoms with van der Waals surface area (Å²) in [5.41, 5.74) is 0.287. The van der Waals surface area contributed by atoms with Crippen LogP contribution in [0, 0.1) is 11.6 Å². The predicted molar refractivity (Wildman–Crippen MR) is 134 cm³/mol. The Kier molecular flexibility index (Phi) is 8.42. The molecule has 13 heteroatoms. The van der Waals surface area contributed by atoms with Gasteiger partial charge in [0.15, 0.2) is 4.90 Å². The first-order valence-corrected chi connectivity index (χ1v) is 13.3. The van der Waals surface area contributed by atoms with Crippen molar-refractivity contribution in [2.45, 2.75) is 11.8 Å². The van der Waals surface area contributed by atoms with Crippen molar-refractivity contribution in [2.24, 2.45) is 0 Å². The van der Waals surface area contributed by atoms with E-state index in [0.717, 1.165) is 27.2 Å². The Balaban J connectivity index is 1.60. The van der Waals surface area contributed by atoms with Gasteiger partial charge in [-0.15, -0.1) is 0 Å². The molecule has 0 radical (unpaired) electrons. The molecule has 4 rings (SSSR count). The van der Waals surface area contributed by atoms with E-state index < -0.39 is 32.1 Å². The summed E-state index contributed by atoms with van der Waals surface area (Å²) in [6.45, 7) is 2.84. The first-order chi connectivity index (χ1) is 17.7. The Bertz CT molecular complexity index is 1410. The largest absolute Gasteiger partial charge is 0.484 e. The zero-order chi connectivity index (χ0) is 26.6. The Morgan fingerprint density at radius 3 is 2.35 bits per heavy atom. The van der Waals surface area contributed by atoms with Gasteiger partial charge in [-0.2, -0.15) is 14.1 Å². The van der Waals surface area contributed by atoms with Crippen LogP contribution in [-0.4, -0.2) is 68.5 Å². The van der Waals surface area contributed by atoms with Gasteiger partial charge in [-0.3, -0.25) is 4.79 Å². The van der Waals surface area contributed by atoms with Gasteiger partial charge in [0.1, 0.15) is 23.9 Å². The lowest BCUT2D eigenvalue weighted by molar-refractivity contribution is 0.109. The summed E-state index contributed by atoms with van der Waals surface area (Å²) < 4.78 is 67.5. The van der Waals surface area contributed by atoms with Crippen LogP contribution >= 0.6 is 11.6 Å². The maximum absolute atomic E-state index is 14.2. The van der Waals surface area contributed by atoms with Gasteiger partial charge in [-0.1, -0.05) is 23.7 Å². The highest BCUT2D eigenvalue weighted by Crippen LogP contribution is 2.28. The molecule has 0 saturated carbocycles. The zero-order valence-electron chi connectivity index (χ0n) is 19.9. The summed E-state index contributed by atoms with van der Waals surface area (Å²) in [5, 5.41) is 4.70. The molecule has 0 N–H and O–H groups in total. The second-order valence-electron chi connectivity index (χ2n) is 8.04. The SMILES string of the molecule is CCOCCOc1c(N2CCN(S(=O)(=O)c3c(F)cccc3F)CC2)cnn(-c2cccc(Cl)c2)c1=O. The molecule has 1 fully saturated rings. The van der Waals surface area contributed by atoms with Crippen molar-refractivity contribution in [3.05, 3.63) is 75.7 Å². The first-order valence-electron chi connectivity index (χ1n) is 11.5. The third-order valence-electron chi connectivity index (χ3n) is 5.74. The molecule has 1 aromatic heterocycles.